The smallest absolute Gasteiger partial charge is 0.341 e. The van der Waals surface area contributed by atoms with E-state index in [1.165, 1.54) is 36.6 Å². The Bertz CT molecular complexity index is 1150. The summed E-state index contributed by atoms with van der Waals surface area (Å²) < 4.78 is 30.8. The first-order valence-corrected chi connectivity index (χ1v) is 11.8. The quantitative estimate of drug-likeness (QED) is 0.569. The first-order chi connectivity index (χ1) is 14.3. The number of benzene rings is 1. The van der Waals surface area contributed by atoms with Crippen molar-refractivity contribution in [3.05, 3.63) is 45.8 Å². The molecule has 1 aliphatic carbocycles. The van der Waals surface area contributed by atoms with Crippen LogP contribution in [0, 0.1) is 0 Å². The molecule has 1 aliphatic heterocycles. The van der Waals surface area contributed by atoms with E-state index in [1.54, 1.807) is 6.07 Å². The summed E-state index contributed by atoms with van der Waals surface area (Å²) in [5, 5.41) is 2.97. The van der Waals surface area contributed by atoms with Gasteiger partial charge in [-0.3, -0.25) is 9.59 Å². The van der Waals surface area contributed by atoms with Crippen LogP contribution in [0.2, 0.25) is 0 Å². The van der Waals surface area contributed by atoms with Gasteiger partial charge in [-0.2, -0.15) is 0 Å². The van der Waals surface area contributed by atoms with Gasteiger partial charge in [-0.1, -0.05) is 18.6 Å². The number of ether oxygens (including phenoxy) is 1. The predicted octanol–water partition coefficient (Wildman–Crippen LogP) is 2.59. The number of methoxy groups -OCH3 is 1. The number of rotatable bonds is 4. The minimum absolute atomic E-state index is 0.0448. The maximum Gasteiger partial charge on any atom is 0.341 e. The first-order valence-electron chi connectivity index (χ1n) is 9.53. The fourth-order valence-corrected chi connectivity index (χ4v) is 6.65. The summed E-state index contributed by atoms with van der Waals surface area (Å²) in [5.74, 6) is -1.97. The van der Waals surface area contributed by atoms with E-state index in [0.29, 0.717) is 14.9 Å². The van der Waals surface area contributed by atoms with E-state index in [2.05, 4.69) is 5.32 Å². The van der Waals surface area contributed by atoms with Crippen molar-refractivity contribution in [2.75, 3.05) is 19.0 Å². The molecule has 30 heavy (non-hydrogen) atoms. The number of esters is 1. The largest absolute Gasteiger partial charge is 0.465 e. The SMILES string of the molecule is COC(=O)c1c(NC(=O)CN2C(=O)c3ccccc3S2(=O)=O)sc2c1CCCCC2. The molecule has 1 aromatic carbocycles. The van der Waals surface area contributed by atoms with Gasteiger partial charge < -0.3 is 10.1 Å². The Morgan fingerprint density at radius 1 is 1.17 bits per heavy atom. The number of carbonyl (C=O) groups excluding carboxylic acids is 3. The lowest BCUT2D eigenvalue weighted by Gasteiger charge is -2.15. The van der Waals surface area contributed by atoms with E-state index in [4.69, 9.17) is 4.74 Å². The second-order valence-corrected chi connectivity index (χ2v) is 10.1. The number of anilines is 1. The number of sulfonamides is 1. The average molecular weight is 449 g/mol. The van der Waals surface area contributed by atoms with Crippen LogP contribution in [-0.2, 0) is 32.4 Å². The minimum Gasteiger partial charge on any atom is -0.465 e. The molecule has 0 saturated carbocycles. The van der Waals surface area contributed by atoms with Crippen molar-refractivity contribution < 1.29 is 27.5 Å². The van der Waals surface area contributed by atoms with Crippen LogP contribution in [0.5, 0.6) is 0 Å². The minimum atomic E-state index is -4.09. The molecule has 10 heteroatoms. The third-order valence-corrected chi connectivity index (χ3v) is 8.26. The van der Waals surface area contributed by atoms with Gasteiger partial charge in [0.2, 0.25) is 5.91 Å². The Morgan fingerprint density at radius 3 is 2.63 bits per heavy atom. The summed E-state index contributed by atoms with van der Waals surface area (Å²) in [6.45, 7) is -0.668. The Labute approximate surface area is 177 Å². The lowest BCUT2D eigenvalue weighted by atomic mass is 10.1. The number of nitrogens with one attached hydrogen (secondary N) is 1. The fourth-order valence-electron chi connectivity index (χ4n) is 3.83. The zero-order chi connectivity index (χ0) is 21.5. The Hall–Kier alpha value is -2.72. The molecule has 1 aromatic heterocycles. The number of amides is 2. The Balaban J connectivity index is 1.60. The number of hydrogen-bond donors (Lipinski definition) is 1. The molecular formula is C20H20N2O6S2. The molecule has 0 atom stereocenters. The van der Waals surface area contributed by atoms with Gasteiger partial charge in [-0.25, -0.2) is 17.5 Å². The molecule has 0 fully saturated rings. The van der Waals surface area contributed by atoms with Gasteiger partial charge >= 0.3 is 5.97 Å². The third kappa shape index (κ3) is 3.39. The topological polar surface area (TPSA) is 110 Å². The summed E-state index contributed by atoms with van der Waals surface area (Å²) >= 11 is 1.31. The molecule has 8 nitrogen and oxygen atoms in total. The molecule has 0 unspecified atom stereocenters. The first kappa shape index (κ1) is 20.5. The molecule has 1 N–H and O–H groups in total. The van der Waals surface area contributed by atoms with E-state index in [0.717, 1.165) is 42.5 Å². The van der Waals surface area contributed by atoms with Crippen LogP contribution in [0.1, 0.15) is 50.4 Å². The number of hydrogen-bond acceptors (Lipinski definition) is 7. The standard InChI is InChI=1S/C20H20N2O6S2/c1-28-20(25)17-12-7-3-2-4-9-14(12)29-18(17)21-16(23)11-22-19(24)13-8-5-6-10-15(13)30(22,26)27/h5-6,8,10H,2-4,7,9,11H2,1H3,(H,21,23). The Kier molecular flexibility index (Phi) is 5.37. The summed E-state index contributed by atoms with van der Waals surface area (Å²) in [6.07, 6.45) is 4.55. The number of thiophene rings is 1. The van der Waals surface area contributed by atoms with Crippen LogP contribution >= 0.6 is 11.3 Å². The highest BCUT2D eigenvalue weighted by atomic mass is 32.2. The zero-order valence-electron chi connectivity index (χ0n) is 16.3. The molecule has 0 saturated heterocycles. The van der Waals surface area contributed by atoms with Crippen molar-refractivity contribution in [1.29, 1.82) is 0 Å². The molecular weight excluding hydrogens is 428 g/mol. The van der Waals surface area contributed by atoms with Crippen LogP contribution in [-0.4, -0.2) is 44.2 Å². The van der Waals surface area contributed by atoms with E-state index in [1.807, 2.05) is 0 Å². The van der Waals surface area contributed by atoms with Crippen molar-refractivity contribution in [3.8, 4) is 0 Å². The van der Waals surface area contributed by atoms with Crippen LogP contribution in [0.4, 0.5) is 5.00 Å². The van der Waals surface area contributed by atoms with Gasteiger partial charge in [0.1, 0.15) is 16.4 Å². The lowest BCUT2D eigenvalue weighted by molar-refractivity contribution is -0.116. The van der Waals surface area contributed by atoms with Gasteiger partial charge in [0.05, 0.1) is 18.2 Å². The van der Waals surface area contributed by atoms with Crippen molar-refractivity contribution in [2.24, 2.45) is 0 Å². The van der Waals surface area contributed by atoms with Gasteiger partial charge in [0, 0.05) is 4.88 Å². The summed E-state index contributed by atoms with van der Waals surface area (Å²) in [4.78, 5) is 38.5. The van der Waals surface area contributed by atoms with Crippen molar-refractivity contribution in [1.82, 2.24) is 4.31 Å². The average Bonchev–Trinajstić information content (AvgIpc) is 3.02. The number of nitrogens with zero attached hydrogens (tertiary/aromatic N) is 1. The highest BCUT2D eigenvalue weighted by Crippen LogP contribution is 2.38. The summed E-state index contributed by atoms with van der Waals surface area (Å²) in [6, 6.07) is 5.84. The second-order valence-electron chi connectivity index (χ2n) is 7.12. The molecule has 2 heterocycles. The third-order valence-electron chi connectivity index (χ3n) is 5.26. The zero-order valence-corrected chi connectivity index (χ0v) is 17.9. The Morgan fingerprint density at radius 2 is 1.90 bits per heavy atom. The highest BCUT2D eigenvalue weighted by Gasteiger charge is 2.42. The molecule has 2 amide bonds. The van der Waals surface area contributed by atoms with Crippen LogP contribution in [0.25, 0.3) is 0 Å². The van der Waals surface area contributed by atoms with Crippen LogP contribution < -0.4 is 5.32 Å². The van der Waals surface area contributed by atoms with E-state index in [9.17, 15) is 22.8 Å². The van der Waals surface area contributed by atoms with Crippen molar-refractivity contribution in [2.45, 2.75) is 37.0 Å². The van der Waals surface area contributed by atoms with Crippen LogP contribution in [0.3, 0.4) is 0 Å². The van der Waals surface area contributed by atoms with Gasteiger partial charge in [0.15, 0.2) is 0 Å². The van der Waals surface area contributed by atoms with E-state index in [-0.39, 0.29) is 10.5 Å². The summed E-state index contributed by atoms with van der Waals surface area (Å²) in [5.41, 5.74) is 1.26. The normalized spacial score (nSPS) is 17.1. The number of aryl methyl sites for hydroxylation is 1. The van der Waals surface area contributed by atoms with Gasteiger partial charge in [-0.05, 0) is 43.4 Å². The van der Waals surface area contributed by atoms with Crippen molar-refractivity contribution >= 4 is 44.1 Å². The molecule has 0 spiro atoms. The lowest BCUT2D eigenvalue weighted by Crippen LogP contribution is -2.37. The van der Waals surface area contributed by atoms with Crippen LogP contribution in [0.15, 0.2) is 29.2 Å². The molecule has 0 radical (unpaired) electrons. The maximum atomic E-state index is 12.7. The predicted molar refractivity (Wildman–Crippen MR) is 110 cm³/mol. The van der Waals surface area contributed by atoms with Crippen molar-refractivity contribution in [3.63, 3.8) is 0 Å². The monoisotopic (exact) mass is 448 g/mol. The summed E-state index contributed by atoms with van der Waals surface area (Å²) in [7, 11) is -2.81. The van der Waals surface area contributed by atoms with Gasteiger partial charge in [-0.15, -0.1) is 11.3 Å². The molecule has 4 rings (SSSR count). The molecule has 2 aromatic rings. The van der Waals surface area contributed by atoms with E-state index < -0.39 is 34.4 Å². The number of fused-ring (bicyclic) bond motifs is 2. The molecule has 2 aliphatic rings. The second kappa shape index (κ2) is 7.84. The molecule has 0 bridgehead atoms. The maximum absolute atomic E-state index is 12.7. The van der Waals surface area contributed by atoms with E-state index >= 15 is 0 Å². The number of carbonyl (C=O) groups is 3. The fraction of sp³-hybridized carbons (Fsp3) is 0.350. The van der Waals surface area contributed by atoms with Gasteiger partial charge in [0.25, 0.3) is 15.9 Å². The highest BCUT2D eigenvalue weighted by molar-refractivity contribution is 7.90. The molecule has 158 valence electrons.